The molecule has 1 saturated heterocycles. The van der Waals surface area contributed by atoms with E-state index in [1.54, 1.807) is 4.90 Å². The van der Waals surface area contributed by atoms with Gasteiger partial charge in [-0.2, -0.15) is 18.3 Å². The molecule has 2 atom stereocenters. The number of halogens is 3. The van der Waals surface area contributed by atoms with Gasteiger partial charge in [-0.25, -0.2) is 14.5 Å². The van der Waals surface area contributed by atoms with Gasteiger partial charge in [-0.1, -0.05) is 18.2 Å². The number of carbonyl (C=O) groups is 2. The predicted molar refractivity (Wildman–Crippen MR) is 154 cm³/mol. The molecular formula is C32H35F3N4O5. The van der Waals surface area contributed by atoms with Gasteiger partial charge in [0.2, 0.25) is 5.91 Å². The molecule has 0 unspecified atom stereocenters. The number of aliphatic imine (C=N–C) groups is 1. The fourth-order valence-corrected chi connectivity index (χ4v) is 6.42. The van der Waals surface area contributed by atoms with E-state index in [0.29, 0.717) is 55.1 Å². The van der Waals surface area contributed by atoms with Crippen molar-refractivity contribution in [2.45, 2.75) is 76.0 Å². The van der Waals surface area contributed by atoms with Crippen molar-refractivity contribution < 1.29 is 37.7 Å². The van der Waals surface area contributed by atoms with Gasteiger partial charge in [-0.3, -0.25) is 4.79 Å². The highest BCUT2D eigenvalue weighted by molar-refractivity contribution is 5.93. The number of hydrogen-bond donors (Lipinski definition) is 2. The number of carboxylic acids is 1. The number of carboxylic acid groups (broad SMARTS) is 1. The monoisotopic (exact) mass is 612 g/mol. The third-order valence-electron chi connectivity index (χ3n) is 8.90. The molecule has 1 aromatic carbocycles. The zero-order valence-corrected chi connectivity index (χ0v) is 24.2. The molecule has 1 aromatic heterocycles. The number of allylic oxidation sites excluding steroid dienone is 2. The van der Waals surface area contributed by atoms with Crippen LogP contribution in [0.25, 0.3) is 0 Å². The fourth-order valence-electron chi connectivity index (χ4n) is 6.42. The highest BCUT2D eigenvalue weighted by Crippen LogP contribution is 2.37. The second-order valence-electron chi connectivity index (χ2n) is 11.9. The van der Waals surface area contributed by atoms with Crippen LogP contribution < -0.4 is 4.74 Å². The van der Waals surface area contributed by atoms with E-state index in [1.807, 2.05) is 30.3 Å². The first kappa shape index (κ1) is 30.1. The standard InChI is InChI=1S/C32H35F3N4O5/c33-32(34,35)29-25(31(42)43)16-36-39(29)28-7-3-6-26(37-28)23-5-2-1-4-21(23)18-44-22-12-10-19(11-13-22)24-14-15-38(17-27(24)40)30(41)20-8-9-20/h6,10-13,16,20,24,27,40H,1-5,7-9,14-15,17-18H2,(H,42,43)/t24-,27+/m1/s1. The molecule has 2 N–H and O–H groups in total. The second-order valence-corrected chi connectivity index (χ2v) is 11.9. The van der Waals surface area contributed by atoms with Crippen molar-refractivity contribution in [2.24, 2.45) is 10.9 Å². The van der Waals surface area contributed by atoms with Gasteiger partial charge < -0.3 is 19.8 Å². The smallest absolute Gasteiger partial charge is 0.434 e. The number of nitrogens with zero attached hydrogens (tertiary/aromatic N) is 4. The van der Waals surface area contributed by atoms with Crippen LogP contribution in [0.15, 0.2) is 58.4 Å². The molecule has 2 fully saturated rings. The third-order valence-corrected chi connectivity index (χ3v) is 8.90. The maximum Gasteiger partial charge on any atom is 0.434 e. The largest absolute Gasteiger partial charge is 0.489 e. The summed E-state index contributed by atoms with van der Waals surface area (Å²) in [5.74, 6) is -0.723. The van der Waals surface area contributed by atoms with Gasteiger partial charge in [0.1, 0.15) is 23.8 Å². The highest BCUT2D eigenvalue weighted by Gasteiger charge is 2.42. The molecule has 0 radical (unpaired) electrons. The lowest BCUT2D eigenvalue weighted by atomic mass is 9.87. The Labute approximate surface area is 252 Å². The number of alkyl halides is 3. The van der Waals surface area contributed by atoms with Gasteiger partial charge in [0.05, 0.1) is 18.0 Å². The summed E-state index contributed by atoms with van der Waals surface area (Å²) in [6, 6.07) is 7.65. The molecule has 4 aliphatic rings. The first-order valence-corrected chi connectivity index (χ1v) is 15.2. The van der Waals surface area contributed by atoms with E-state index < -0.39 is 29.5 Å². The van der Waals surface area contributed by atoms with E-state index in [2.05, 4.69) is 10.1 Å². The van der Waals surface area contributed by atoms with Crippen LogP contribution >= 0.6 is 0 Å². The Morgan fingerprint density at radius 2 is 1.80 bits per heavy atom. The topological polar surface area (TPSA) is 117 Å². The lowest BCUT2D eigenvalue weighted by Crippen LogP contribution is -2.46. The third kappa shape index (κ3) is 6.31. The second kappa shape index (κ2) is 12.2. The molecule has 0 spiro atoms. The quantitative estimate of drug-likeness (QED) is 0.423. The molecule has 9 nitrogen and oxygen atoms in total. The van der Waals surface area contributed by atoms with Crippen molar-refractivity contribution in [2.75, 3.05) is 19.7 Å². The summed E-state index contributed by atoms with van der Waals surface area (Å²) in [4.78, 5) is 30.2. The van der Waals surface area contributed by atoms with E-state index in [0.717, 1.165) is 55.0 Å². The Balaban J connectivity index is 1.14. The molecule has 1 saturated carbocycles. The van der Waals surface area contributed by atoms with Crippen molar-refractivity contribution in [3.63, 3.8) is 0 Å². The van der Waals surface area contributed by atoms with Crippen LogP contribution in [0, 0.1) is 5.92 Å². The Bertz CT molecular complexity index is 1520. The normalized spacial score (nSPS) is 22.9. The lowest BCUT2D eigenvalue weighted by molar-refractivity contribution is -0.143. The average Bonchev–Trinajstić information content (AvgIpc) is 3.76. The average molecular weight is 613 g/mol. The number of benzene rings is 1. The van der Waals surface area contributed by atoms with Gasteiger partial charge in [-0.05, 0) is 80.2 Å². The van der Waals surface area contributed by atoms with Crippen LogP contribution in [-0.4, -0.2) is 68.4 Å². The van der Waals surface area contributed by atoms with Gasteiger partial charge in [0.25, 0.3) is 0 Å². The van der Waals surface area contributed by atoms with Crippen molar-refractivity contribution >= 4 is 17.7 Å². The molecule has 0 bridgehead atoms. The molecule has 2 aromatic rings. The molecular weight excluding hydrogens is 577 g/mol. The molecule has 6 rings (SSSR count). The zero-order chi connectivity index (χ0) is 31.0. The number of rotatable bonds is 7. The predicted octanol–water partition coefficient (Wildman–Crippen LogP) is 5.56. The number of piperidine rings is 1. The van der Waals surface area contributed by atoms with E-state index >= 15 is 0 Å². The summed E-state index contributed by atoms with van der Waals surface area (Å²) in [5.41, 5.74) is 1.32. The van der Waals surface area contributed by atoms with Crippen LogP contribution in [0.4, 0.5) is 13.2 Å². The van der Waals surface area contributed by atoms with Crippen molar-refractivity contribution in [3.05, 3.63) is 70.2 Å². The van der Waals surface area contributed by atoms with Gasteiger partial charge in [0.15, 0.2) is 5.69 Å². The number of hydrogen-bond acceptors (Lipinski definition) is 6. The molecule has 2 aliphatic heterocycles. The number of ether oxygens (including phenoxy) is 1. The maximum atomic E-state index is 13.8. The first-order chi connectivity index (χ1) is 21.1. The Hall–Kier alpha value is -3.93. The summed E-state index contributed by atoms with van der Waals surface area (Å²) >= 11 is 0. The number of aliphatic hydroxyl groups is 1. The number of amides is 1. The van der Waals surface area contributed by atoms with Crippen molar-refractivity contribution in [3.8, 4) is 5.75 Å². The van der Waals surface area contributed by atoms with Crippen LogP contribution in [0.1, 0.15) is 85.3 Å². The van der Waals surface area contributed by atoms with Crippen LogP contribution in [0.3, 0.4) is 0 Å². The van der Waals surface area contributed by atoms with E-state index in [-0.39, 0.29) is 30.0 Å². The molecule has 44 heavy (non-hydrogen) atoms. The van der Waals surface area contributed by atoms with Gasteiger partial charge >= 0.3 is 12.1 Å². The van der Waals surface area contributed by atoms with Crippen molar-refractivity contribution in [1.82, 2.24) is 14.7 Å². The van der Waals surface area contributed by atoms with E-state index in [1.165, 1.54) is 0 Å². The van der Waals surface area contributed by atoms with E-state index in [9.17, 15) is 33.0 Å². The summed E-state index contributed by atoms with van der Waals surface area (Å²) < 4.78 is 48.2. The summed E-state index contributed by atoms with van der Waals surface area (Å²) in [5, 5.41) is 23.8. The molecule has 1 amide bonds. The number of aliphatic hydroxyl groups excluding tert-OH is 1. The molecule has 2 aliphatic carbocycles. The minimum Gasteiger partial charge on any atom is -0.489 e. The Morgan fingerprint density at radius 3 is 2.48 bits per heavy atom. The molecule has 12 heteroatoms. The Morgan fingerprint density at radius 1 is 1.05 bits per heavy atom. The summed E-state index contributed by atoms with van der Waals surface area (Å²) in [6.07, 6.45) is 3.72. The number of aromatic nitrogens is 2. The zero-order valence-electron chi connectivity index (χ0n) is 24.2. The number of likely N-dealkylation sites (tertiary alicyclic amines) is 1. The summed E-state index contributed by atoms with van der Waals surface area (Å²) in [7, 11) is 0. The lowest BCUT2D eigenvalue weighted by Gasteiger charge is -2.36. The minimum absolute atomic E-state index is 0.0514. The number of carbonyl (C=O) groups excluding carboxylic acids is 1. The summed E-state index contributed by atoms with van der Waals surface area (Å²) in [6.45, 7) is 1.30. The van der Waals surface area contributed by atoms with Crippen LogP contribution in [0.2, 0.25) is 0 Å². The number of aromatic carboxylic acids is 1. The minimum atomic E-state index is -4.91. The van der Waals surface area contributed by atoms with Gasteiger partial charge in [-0.15, -0.1) is 0 Å². The highest BCUT2D eigenvalue weighted by atomic mass is 19.4. The van der Waals surface area contributed by atoms with Crippen LogP contribution in [0.5, 0.6) is 5.75 Å². The van der Waals surface area contributed by atoms with Crippen molar-refractivity contribution in [1.29, 1.82) is 0 Å². The molecule has 3 heterocycles. The SMILES string of the molecule is O=C(O)c1cnn(C2=NC(C3=C(COc4ccc([C@H]5CCN(C(=O)C6CC6)C[C@@H]5O)cc4)CCCC3)=CCC2)c1C(F)(F)F. The van der Waals surface area contributed by atoms with E-state index in [4.69, 9.17) is 4.74 Å². The Kier molecular flexibility index (Phi) is 8.36. The first-order valence-electron chi connectivity index (χ1n) is 15.2. The fraction of sp³-hybridized carbons (Fsp3) is 0.500. The van der Waals surface area contributed by atoms with Gasteiger partial charge in [0, 0.05) is 31.3 Å². The van der Waals surface area contributed by atoms with Crippen LogP contribution in [-0.2, 0) is 11.0 Å². The maximum absolute atomic E-state index is 13.8. The number of β-amino-alcohol motifs (C(OH)–C–C–N with tert-alkyl or cyclic N) is 1. The molecule has 234 valence electrons.